The van der Waals surface area contributed by atoms with Gasteiger partial charge in [0.15, 0.2) is 5.82 Å². The molecule has 1 N–H and O–H groups in total. The molecule has 1 aliphatic rings. The van der Waals surface area contributed by atoms with Gasteiger partial charge in [0.2, 0.25) is 5.89 Å². The lowest BCUT2D eigenvalue weighted by molar-refractivity contribution is 0.284. The van der Waals surface area contributed by atoms with Gasteiger partial charge in [-0.1, -0.05) is 28.0 Å². The SMILES string of the molecule is CCC1(c2nc(CSc3ccc(Br)cc3)no2)CCNC1. The first-order valence-corrected chi connectivity index (χ1v) is 8.92. The number of hydrogen-bond donors (Lipinski definition) is 1. The Bertz CT molecular complexity index is 593. The molecular formula is C15H18BrN3OS. The lowest BCUT2D eigenvalue weighted by Gasteiger charge is -2.20. The summed E-state index contributed by atoms with van der Waals surface area (Å²) < 4.78 is 6.62. The first-order valence-electron chi connectivity index (χ1n) is 7.14. The molecule has 3 rings (SSSR count). The van der Waals surface area contributed by atoms with E-state index < -0.39 is 0 Å². The summed E-state index contributed by atoms with van der Waals surface area (Å²) in [5, 5.41) is 7.54. The fraction of sp³-hybridized carbons (Fsp3) is 0.467. The molecule has 0 spiro atoms. The van der Waals surface area contributed by atoms with Crippen LogP contribution < -0.4 is 5.32 Å². The number of halogens is 1. The summed E-state index contributed by atoms with van der Waals surface area (Å²) in [4.78, 5) is 5.83. The van der Waals surface area contributed by atoms with Gasteiger partial charge in [-0.05, 0) is 43.7 Å². The molecule has 0 aliphatic carbocycles. The van der Waals surface area contributed by atoms with Crippen molar-refractivity contribution in [1.29, 1.82) is 0 Å². The number of hydrogen-bond acceptors (Lipinski definition) is 5. The average Bonchev–Trinajstić information content (AvgIpc) is 3.16. The Morgan fingerprint density at radius 1 is 1.38 bits per heavy atom. The Morgan fingerprint density at radius 2 is 2.19 bits per heavy atom. The monoisotopic (exact) mass is 367 g/mol. The van der Waals surface area contributed by atoms with Crippen molar-refractivity contribution in [3.8, 4) is 0 Å². The topological polar surface area (TPSA) is 51.0 Å². The molecular weight excluding hydrogens is 350 g/mol. The van der Waals surface area contributed by atoms with Crippen molar-refractivity contribution in [3.63, 3.8) is 0 Å². The molecule has 0 radical (unpaired) electrons. The second-order valence-corrected chi connectivity index (χ2v) is 7.28. The summed E-state index contributed by atoms with van der Waals surface area (Å²) >= 11 is 5.16. The Morgan fingerprint density at radius 3 is 2.86 bits per heavy atom. The zero-order valence-electron chi connectivity index (χ0n) is 11.9. The van der Waals surface area contributed by atoms with Crippen LogP contribution in [0.3, 0.4) is 0 Å². The van der Waals surface area contributed by atoms with Gasteiger partial charge in [-0.3, -0.25) is 0 Å². The van der Waals surface area contributed by atoms with Crippen LogP contribution in [0.25, 0.3) is 0 Å². The Kier molecular flexibility index (Phi) is 4.66. The molecule has 1 saturated heterocycles. The molecule has 112 valence electrons. The zero-order valence-corrected chi connectivity index (χ0v) is 14.3. The summed E-state index contributed by atoms with van der Waals surface area (Å²) in [5.74, 6) is 2.30. The Balaban J connectivity index is 1.66. The number of aromatic nitrogens is 2. The van der Waals surface area contributed by atoms with E-state index in [1.807, 2.05) is 12.1 Å². The molecule has 2 heterocycles. The fourth-order valence-electron chi connectivity index (χ4n) is 2.59. The van der Waals surface area contributed by atoms with Crippen molar-refractivity contribution >= 4 is 27.7 Å². The van der Waals surface area contributed by atoms with E-state index in [1.165, 1.54) is 4.90 Å². The van der Waals surface area contributed by atoms with Gasteiger partial charge in [-0.15, -0.1) is 11.8 Å². The predicted octanol–water partition coefficient (Wildman–Crippen LogP) is 3.77. The molecule has 1 fully saturated rings. The third-order valence-electron chi connectivity index (χ3n) is 4.02. The smallest absolute Gasteiger partial charge is 0.234 e. The van der Waals surface area contributed by atoms with Crippen molar-refractivity contribution < 1.29 is 4.52 Å². The third-order valence-corrected chi connectivity index (χ3v) is 5.56. The quantitative estimate of drug-likeness (QED) is 0.815. The van der Waals surface area contributed by atoms with Crippen molar-refractivity contribution in [1.82, 2.24) is 15.5 Å². The number of rotatable bonds is 5. The molecule has 4 nitrogen and oxygen atoms in total. The summed E-state index contributed by atoms with van der Waals surface area (Å²) in [6.07, 6.45) is 2.10. The van der Waals surface area contributed by atoms with Crippen LogP contribution in [0.4, 0.5) is 0 Å². The van der Waals surface area contributed by atoms with E-state index in [4.69, 9.17) is 4.52 Å². The molecule has 21 heavy (non-hydrogen) atoms. The molecule has 1 aromatic carbocycles. The molecule has 1 unspecified atom stereocenters. The van der Waals surface area contributed by atoms with E-state index in [0.717, 1.165) is 47.9 Å². The first kappa shape index (κ1) is 15.1. The Hall–Kier alpha value is -0.850. The van der Waals surface area contributed by atoms with Crippen LogP contribution in [0.1, 0.15) is 31.5 Å². The number of nitrogens with one attached hydrogen (secondary N) is 1. The van der Waals surface area contributed by atoms with Crippen LogP contribution in [-0.2, 0) is 11.2 Å². The van der Waals surface area contributed by atoms with Crippen molar-refractivity contribution in [2.75, 3.05) is 13.1 Å². The van der Waals surface area contributed by atoms with Crippen LogP contribution >= 0.6 is 27.7 Å². The van der Waals surface area contributed by atoms with Gasteiger partial charge in [0.05, 0.1) is 11.2 Å². The highest BCUT2D eigenvalue weighted by atomic mass is 79.9. The minimum atomic E-state index is 0.0352. The molecule has 1 aliphatic heterocycles. The summed E-state index contributed by atoms with van der Waals surface area (Å²) in [7, 11) is 0. The van der Waals surface area contributed by atoms with Gasteiger partial charge in [0.25, 0.3) is 0 Å². The van der Waals surface area contributed by atoms with Gasteiger partial charge < -0.3 is 9.84 Å². The Labute approximate surface area is 137 Å². The summed E-state index contributed by atoms with van der Waals surface area (Å²) in [6, 6.07) is 8.26. The van der Waals surface area contributed by atoms with Crippen molar-refractivity contribution in [2.24, 2.45) is 0 Å². The second-order valence-electron chi connectivity index (χ2n) is 5.32. The van der Waals surface area contributed by atoms with Crippen LogP contribution in [0.15, 0.2) is 38.2 Å². The largest absolute Gasteiger partial charge is 0.339 e. The van der Waals surface area contributed by atoms with E-state index in [9.17, 15) is 0 Å². The maximum absolute atomic E-state index is 5.53. The normalized spacial score (nSPS) is 21.8. The second kappa shape index (κ2) is 6.50. The molecule has 6 heteroatoms. The maximum Gasteiger partial charge on any atom is 0.234 e. The zero-order chi connectivity index (χ0) is 14.7. The minimum absolute atomic E-state index is 0.0352. The van der Waals surface area contributed by atoms with Crippen LogP contribution in [-0.4, -0.2) is 23.2 Å². The van der Waals surface area contributed by atoms with E-state index >= 15 is 0 Å². The van der Waals surface area contributed by atoms with E-state index in [0.29, 0.717) is 0 Å². The van der Waals surface area contributed by atoms with E-state index in [2.05, 4.69) is 50.4 Å². The summed E-state index contributed by atoms with van der Waals surface area (Å²) in [5.41, 5.74) is 0.0352. The highest BCUT2D eigenvalue weighted by Gasteiger charge is 2.39. The number of thioether (sulfide) groups is 1. The third kappa shape index (κ3) is 3.33. The van der Waals surface area contributed by atoms with Crippen molar-refractivity contribution in [3.05, 3.63) is 40.5 Å². The molecule has 1 aromatic heterocycles. The highest BCUT2D eigenvalue weighted by Crippen LogP contribution is 2.33. The standard InChI is InChI=1S/C15H18BrN3OS/c1-2-15(7-8-17-10-15)14-18-13(19-20-14)9-21-12-5-3-11(16)4-6-12/h3-6,17H,2,7-10H2,1H3. The molecule has 0 bridgehead atoms. The van der Waals surface area contributed by atoms with Gasteiger partial charge in [-0.2, -0.15) is 4.98 Å². The summed E-state index contributed by atoms with van der Waals surface area (Å²) in [6.45, 7) is 4.15. The van der Waals surface area contributed by atoms with Gasteiger partial charge >= 0.3 is 0 Å². The lowest BCUT2D eigenvalue weighted by Crippen LogP contribution is -2.28. The molecule has 1 atom stereocenters. The number of benzene rings is 1. The maximum atomic E-state index is 5.53. The van der Waals surface area contributed by atoms with Gasteiger partial charge in [0, 0.05) is 15.9 Å². The lowest BCUT2D eigenvalue weighted by atomic mass is 9.84. The minimum Gasteiger partial charge on any atom is -0.339 e. The number of nitrogens with zero attached hydrogens (tertiary/aromatic N) is 2. The van der Waals surface area contributed by atoms with Crippen LogP contribution in [0.2, 0.25) is 0 Å². The van der Waals surface area contributed by atoms with Gasteiger partial charge in [0.1, 0.15) is 0 Å². The molecule has 0 saturated carbocycles. The van der Waals surface area contributed by atoms with E-state index in [-0.39, 0.29) is 5.41 Å². The fourth-order valence-corrected chi connectivity index (χ4v) is 3.59. The van der Waals surface area contributed by atoms with Crippen LogP contribution in [0, 0.1) is 0 Å². The van der Waals surface area contributed by atoms with Crippen LogP contribution in [0.5, 0.6) is 0 Å². The average molecular weight is 368 g/mol. The molecule has 2 aromatic rings. The van der Waals surface area contributed by atoms with E-state index in [1.54, 1.807) is 11.8 Å². The predicted molar refractivity (Wildman–Crippen MR) is 87.5 cm³/mol. The highest BCUT2D eigenvalue weighted by molar-refractivity contribution is 9.10. The molecule has 0 amide bonds. The van der Waals surface area contributed by atoms with Gasteiger partial charge in [-0.25, -0.2) is 0 Å². The first-order chi connectivity index (χ1) is 10.2. The van der Waals surface area contributed by atoms with Crippen molar-refractivity contribution in [2.45, 2.75) is 35.8 Å².